The van der Waals surface area contributed by atoms with Crippen molar-refractivity contribution in [3.63, 3.8) is 0 Å². The Balaban J connectivity index is 2.39. The number of aromatic nitrogens is 2. The molecule has 0 bridgehead atoms. The van der Waals surface area contributed by atoms with Crippen LogP contribution in [0.3, 0.4) is 0 Å². The summed E-state index contributed by atoms with van der Waals surface area (Å²) in [6.07, 6.45) is 2.76. The van der Waals surface area contributed by atoms with Gasteiger partial charge in [0.05, 0.1) is 6.04 Å². The second kappa shape index (κ2) is 6.85. The first-order chi connectivity index (χ1) is 7.27. The molecule has 1 atom stereocenters. The van der Waals surface area contributed by atoms with E-state index in [9.17, 15) is 0 Å². The van der Waals surface area contributed by atoms with Crippen LogP contribution in [0.1, 0.15) is 44.4 Å². The van der Waals surface area contributed by atoms with Crippen LogP contribution in [0.15, 0.2) is 4.52 Å². The minimum absolute atomic E-state index is 0.0848. The summed E-state index contributed by atoms with van der Waals surface area (Å²) in [6, 6.07) is -0.0848. The van der Waals surface area contributed by atoms with Gasteiger partial charge in [-0.1, -0.05) is 19.0 Å². The summed E-state index contributed by atoms with van der Waals surface area (Å²) in [7, 11) is 0. The van der Waals surface area contributed by atoms with Crippen molar-refractivity contribution in [1.82, 2.24) is 10.1 Å². The molecule has 1 rings (SSSR count). The smallest absolute Gasteiger partial charge is 0.226 e. The fourth-order valence-electron chi connectivity index (χ4n) is 1.22. The summed E-state index contributed by atoms with van der Waals surface area (Å²) in [5, 5.41) is 3.89. The highest BCUT2D eigenvalue weighted by atomic mass is 32.2. The first-order valence-electron chi connectivity index (χ1n) is 5.43. The van der Waals surface area contributed by atoms with Crippen molar-refractivity contribution in [1.29, 1.82) is 0 Å². The van der Waals surface area contributed by atoms with E-state index in [1.54, 1.807) is 0 Å². The molecule has 0 radical (unpaired) electrons. The van der Waals surface area contributed by atoms with Gasteiger partial charge in [0.2, 0.25) is 5.89 Å². The fourth-order valence-corrected chi connectivity index (χ4v) is 1.93. The second-order valence-corrected chi connectivity index (χ2v) is 4.78. The molecule has 0 spiro atoms. The van der Waals surface area contributed by atoms with Gasteiger partial charge in [-0.2, -0.15) is 16.7 Å². The highest BCUT2D eigenvalue weighted by Crippen LogP contribution is 2.14. The Morgan fingerprint density at radius 1 is 1.47 bits per heavy atom. The number of hydrogen-bond donors (Lipinski definition) is 1. The van der Waals surface area contributed by atoms with Crippen molar-refractivity contribution in [2.24, 2.45) is 5.73 Å². The van der Waals surface area contributed by atoms with Gasteiger partial charge in [0.15, 0.2) is 5.82 Å². The molecule has 1 aromatic heterocycles. The van der Waals surface area contributed by atoms with Gasteiger partial charge in [-0.25, -0.2) is 0 Å². The largest absolute Gasteiger partial charge is 0.339 e. The lowest BCUT2D eigenvalue weighted by molar-refractivity contribution is 0.368. The van der Waals surface area contributed by atoms with Crippen LogP contribution >= 0.6 is 11.8 Å². The number of nitrogens with zero attached hydrogens (tertiary/aromatic N) is 2. The van der Waals surface area contributed by atoms with E-state index < -0.39 is 0 Å². The molecule has 0 aliphatic rings. The van der Waals surface area contributed by atoms with Crippen molar-refractivity contribution in [2.75, 3.05) is 11.5 Å². The first-order valence-corrected chi connectivity index (χ1v) is 6.59. The number of thioether (sulfide) groups is 1. The topological polar surface area (TPSA) is 64.9 Å². The average Bonchev–Trinajstić information content (AvgIpc) is 2.67. The van der Waals surface area contributed by atoms with Crippen LogP contribution in [-0.2, 0) is 6.42 Å². The van der Waals surface area contributed by atoms with E-state index in [0.29, 0.717) is 11.7 Å². The van der Waals surface area contributed by atoms with Gasteiger partial charge < -0.3 is 10.3 Å². The zero-order valence-electron chi connectivity index (χ0n) is 9.40. The summed E-state index contributed by atoms with van der Waals surface area (Å²) in [5.41, 5.74) is 5.95. The van der Waals surface area contributed by atoms with E-state index in [-0.39, 0.29) is 6.04 Å². The molecule has 4 nitrogen and oxygen atoms in total. The van der Waals surface area contributed by atoms with Gasteiger partial charge in [0, 0.05) is 6.42 Å². The lowest BCUT2D eigenvalue weighted by Gasteiger charge is -2.04. The molecule has 0 aliphatic heterocycles. The Bertz CT molecular complexity index is 277. The van der Waals surface area contributed by atoms with Crippen molar-refractivity contribution < 1.29 is 4.52 Å². The van der Waals surface area contributed by atoms with Crippen LogP contribution in [0.4, 0.5) is 0 Å². The molecule has 1 heterocycles. The summed E-state index contributed by atoms with van der Waals surface area (Å²) in [6.45, 7) is 4.23. The number of rotatable bonds is 7. The maximum Gasteiger partial charge on any atom is 0.226 e. The lowest BCUT2D eigenvalue weighted by atomic mass is 10.2. The van der Waals surface area contributed by atoms with E-state index in [0.717, 1.165) is 30.8 Å². The predicted molar refractivity (Wildman–Crippen MR) is 62.8 cm³/mol. The number of aryl methyl sites for hydroxylation is 1. The summed E-state index contributed by atoms with van der Waals surface area (Å²) < 4.78 is 5.08. The Morgan fingerprint density at radius 3 is 2.93 bits per heavy atom. The molecule has 2 N–H and O–H groups in total. The molecular weight excluding hydrogens is 210 g/mol. The summed E-state index contributed by atoms with van der Waals surface area (Å²) in [5.74, 6) is 3.52. The minimum atomic E-state index is -0.0848. The highest BCUT2D eigenvalue weighted by molar-refractivity contribution is 7.99. The van der Waals surface area contributed by atoms with Gasteiger partial charge in [-0.05, 0) is 24.3 Å². The quantitative estimate of drug-likeness (QED) is 0.726. The minimum Gasteiger partial charge on any atom is -0.339 e. The van der Waals surface area contributed by atoms with Crippen molar-refractivity contribution in [3.05, 3.63) is 11.7 Å². The van der Waals surface area contributed by atoms with Crippen molar-refractivity contribution in [2.45, 2.75) is 39.2 Å². The Labute approximate surface area is 95.0 Å². The van der Waals surface area contributed by atoms with Gasteiger partial charge in [-0.15, -0.1) is 0 Å². The van der Waals surface area contributed by atoms with Crippen LogP contribution in [0, 0.1) is 0 Å². The molecule has 5 heteroatoms. The molecule has 1 unspecified atom stereocenters. The Kier molecular flexibility index (Phi) is 5.71. The Hall–Kier alpha value is -0.550. The third-order valence-corrected chi connectivity index (χ3v) is 2.99. The van der Waals surface area contributed by atoms with E-state index in [2.05, 4.69) is 24.0 Å². The predicted octanol–water partition coefficient (Wildman–Crippen LogP) is 2.17. The van der Waals surface area contributed by atoms with Crippen LogP contribution in [0.2, 0.25) is 0 Å². The van der Waals surface area contributed by atoms with Crippen molar-refractivity contribution >= 4 is 11.8 Å². The Morgan fingerprint density at radius 2 is 2.27 bits per heavy atom. The molecule has 0 amide bonds. The van der Waals surface area contributed by atoms with E-state index in [1.165, 1.54) is 0 Å². The standard InChI is InChI=1S/C10H19N3OS/c1-3-5-9-12-10(13-14-9)8(11)6-7-15-4-2/h8H,3-7,11H2,1-2H3. The zero-order valence-corrected chi connectivity index (χ0v) is 10.2. The number of nitrogens with two attached hydrogens (primary N) is 1. The van der Waals surface area contributed by atoms with Crippen LogP contribution in [0.25, 0.3) is 0 Å². The molecular formula is C10H19N3OS. The first kappa shape index (κ1) is 12.5. The van der Waals surface area contributed by atoms with Gasteiger partial charge in [0.1, 0.15) is 0 Å². The highest BCUT2D eigenvalue weighted by Gasteiger charge is 2.13. The van der Waals surface area contributed by atoms with E-state index in [1.807, 2.05) is 11.8 Å². The molecule has 1 aromatic rings. The van der Waals surface area contributed by atoms with E-state index >= 15 is 0 Å². The average molecular weight is 229 g/mol. The molecule has 0 saturated heterocycles. The van der Waals surface area contributed by atoms with Gasteiger partial charge in [-0.3, -0.25) is 0 Å². The van der Waals surface area contributed by atoms with E-state index in [4.69, 9.17) is 10.3 Å². The second-order valence-electron chi connectivity index (χ2n) is 3.39. The van der Waals surface area contributed by atoms with Gasteiger partial charge >= 0.3 is 0 Å². The number of hydrogen-bond acceptors (Lipinski definition) is 5. The fraction of sp³-hybridized carbons (Fsp3) is 0.800. The third-order valence-electron chi connectivity index (χ3n) is 2.06. The van der Waals surface area contributed by atoms with Crippen LogP contribution in [-0.4, -0.2) is 21.6 Å². The molecule has 15 heavy (non-hydrogen) atoms. The van der Waals surface area contributed by atoms with Crippen molar-refractivity contribution in [3.8, 4) is 0 Å². The summed E-state index contributed by atoms with van der Waals surface area (Å²) >= 11 is 1.88. The zero-order chi connectivity index (χ0) is 11.1. The summed E-state index contributed by atoms with van der Waals surface area (Å²) in [4.78, 5) is 4.27. The molecule has 0 aliphatic carbocycles. The molecule has 0 aromatic carbocycles. The maximum absolute atomic E-state index is 5.95. The molecule has 0 fully saturated rings. The molecule has 86 valence electrons. The SMILES string of the molecule is CCCc1nc(C(N)CCSCC)no1. The van der Waals surface area contributed by atoms with Crippen LogP contribution in [0.5, 0.6) is 0 Å². The van der Waals surface area contributed by atoms with Crippen LogP contribution < -0.4 is 5.73 Å². The van der Waals surface area contributed by atoms with Gasteiger partial charge in [0.25, 0.3) is 0 Å². The monoisotopic (exact) mass is 229 g/mol. The molecule has 0 saturated carbocycles. The third kappa shape index (κ3) is 4.22. The maximum atomic E-state index is 5.95. The normalized spacial score (nSPS) is 13.0. The lowest BCUT2D eigenvalue weighted by Crippen LogP contribution is -2.13.